The van der Waals surface area contributed by atoms with Crippen molar-refractivity contribution in [3.8, 4) is 17.2 Å². The third kappa shape index (κ3) is 4.87. The summed E-state index contributed by atoms with van der Waals surface area (Å²) in [5, 5.41) is 2.59. The molecule has 0 heterocycles. The average Bonchev–Trinajstić information content (AvgIpc) is 2.66. The molecule has 9 heteroatoms. The Balaban J connectivity index is 1.99. The highest BCUT2D eigenvalue weighted by Crippen LogP contribution is 2.29. The lowest BCUT2D eigenvalue weighted by atomic mass is 10.2. The molecule has 8 nitrogen and oxygen atoms in total. The molecule has 0 fully saturated rings. The molecule has 0 unspecified atom stereocenters. The number of amides is 1. The van der Waals surface area contributed by atoms with Crippen LogP contribution in [0.1, 0.15) is 0 Å². The van der Waals surface area contributed by atoms with Gasteiger partial charge in [0.05, 0.1) is 32.8 Å². The molecule has 26 heavy (non-hydrogen) atoms. The summed E-state index contributed by atoms with van der Waals surface area (Å²) in [6.45, 7) is -0.414. The van der Waals surface area contributed by atoms with Crippen molar-refractivity contribution in [2.45, 2.75) is 4.90 Å². The molecule has 0 radical (unpaired) electrons. The minimum absolute atomic E-state index is 0.0391. The lowest BCUT2D eigenvalue weighted by molar-refractivity contribution is -0.115. The molecule has 0 aromatic heterocycles. The van der Waals surface area contributed by atoms with Gasteiger partial charge in [-0.3, -0.25) is 4.79 Å². The highest BCUT2D eigenvalue weighted by atomic mass is 32.2. The quantitative estimate of drug-likeness (QED) is 0.722. The summed E-state index contributed by atoms with van der Waals surface area (Å²) in [6.07, 6.45) is 0. The second kappa shape index (κ2) is 8.54. The summed E-state index contributed by atoms with van der Waals surface area (Å²) < 4.78 is 41.9. The van der Waals surface area contributed by atoms with Crippen LogP contribution in [0.3, 0.4) is 0 Å². The number of carbonyl (C=O) groups excluding carboxylic acids is 1. The molecule has 1 amide bonds. The van der Waals surface area contributed by atoms with Gasteiger partial charge in [-0.25, -0.2) is 13.1 Å². The SMILES string of the molecule is COc1ccc(S(=O)(=O)NCC(=O)Nc2ccc(OC)c(OC)c2)cc1. The van der Waals surface area contributed by atoms with Crippen molar-refractivity contribution in [1.82, 2.24) is 4.72 Å². The fraction of sp³-hybridized carbons (Fsp3) is 0.235. The maximum Gasteiger partial charge on any atom is 0.241 e. The largest absolute Gasteiger partial charge is 0.497 e. The van der Waals surface area contributed by atoms with Crippen molar-refractivity contribution in [2.24, 2.45) is 0 Å². The molecule has 0 aliphatic rings. The first-order chi connectivity index (χ1) is 12.4. The van der Waals surface area contributed by atoms with Crippen LogP contribution in [-0.2, 0) is 14.8 Å². The highest BCUT2D eigenvalue weighted by molar-refractivity contribution is 7.89. The number of rotatable bonds is 8. The Morgan fingerprint density at radius 3 is 2.15 bits per heavy atom. The predicted molar refractivity (Wildman–Crippen MR) is 96.4 cm³/mol. The Kier molecular flexibility index (Phi) is 6.42. The zero-order chi connectivity index (χ0) is 19.2. The fourth-order valence-corrected chi connectivity index (χ4v) is 3.10. The molecule has 140 valence electrons. The van der Waals surface area contributed by atoms with Crippen LogP contribution in [0.4, 0.5) is 5.69 Å². The van der Waals surface area contributed by atoms with E-state index < -0.39 is 22.5 Å². The maximum atomic E-state index is 12.2. The van der Waals surface area contributed by atoms with E-state index in [9.17, 15) is 13.2 Å². The van der Waals surface area contributed by atoms with Gasteiger partial charge in [0.1, 0.15) is 5.75 Å². The van der Waals surface area contributed by atoms with E-state index in [0.29, 0.717) is 22.9 Å². The monoisotopic (exact) mass is 380 g/mol. The van der Waals surface area contributed by atoms with Crippen molar-refractivity contribution < 1.29 is 27.4 Å². The first-order valence-corrected chi connectivity index (χ1v) is 9.03. The molecular weight excluding hydrogens is 360 g/mol. The van der Waals surface area contributed by atoms with Crippen LogP contribution < -0.4 is 24.2 Å². The van der Waals surface area contributed by atoms with Gasteiger partial charge < -0.3 is 19.5 Å². The van der Waals surface area contributed by atoms with E-state index in [0.717, 1.165) is 0 Å². The van der Waals surface area contributed by atoms with Gasteiger partial charge in [0.15, 0.2) is 11.5 Å². The number of hydrogen-bond acceptors (Lipinski definition) is 6. The van der Waals surface area contributed by atoms with Crippen LogP contribution in [-0.4, -0.2) is 42.2 Å². The van der Waals surface area contributed by atoms with Gasteiger partial charge in [-0.15, -0.1) is 0 Å². The fourth-order valence-electron chi connectivity index (χ4n) is 2.12. The Morgan fingerprint density at radius 2 is 1.58 bits per heavy atom. The summed E-state index contributed by atoms with van der Waals surface area (Å²) in [5.41, 5.74) is 0.455. The van der Waals surface area contributed by atoms with Gasteiger partial charge in [0.25, 0.3) is 0 Å². The topological polar surface area (TPSA) is 103 Å². The number of nitrogens with one attached hydrogen (secondary N) is 2. The molecule has 0 spiro atoms. The molecule has 0 bridgehead atoms. The number of hydrogen-bond donors (Lipinski definition) is 2. The predicted octanol–water partition coefficient (Wildman–Crippen LogP) is 1.63. The molecule has 0 saturated heterocycles. The smallest absolute Gasteiger partial charge is 0.241 e. The van der Waals surface area contributed by atoms with Crippen molar-refractivity contribution in [3.05, 3.63) is 42.5 Å². The number of methoxy groups -OCH3 is 3. The first-order valence-electron chi connectivity index (χ1n) is 7.55. The van der Waals surface area contributed by atoms with Crippen LogP contribution in [0.25, 0.3) is 0 Å². The third-order valence-electron chi connectivity index (χ3n) is 3.46. The van der Waals surface area contributed by atoms with E-state index >= 15 is 0 Å². The van der Waals surface area contributed by atoms with Gasteiger partial charge in [-0.2, -0.15) is 0 Å². The van der Waals surface area contributed by atoms with Gasteiger partial charge >= 0.3 is 0 Å². The van der Waals surface area contributed by atoms with E-state index in [1.807, 2.05) is 0 Å². The van der Waals surface area contributed by atoms with Crippen LogP contribution >= 0.6 is 0 Å². The van der Waals surface area contributed by atoms with Crippen molar-refractivity contribution in [2.75, 3.05) is 33.2 Å². The molecule has 0 aliphatic carbocycles. The second-order valence-corrected chi connectivity index (χ2v) is 6.88. The maximum absolute atomic E-state index is 12.2. The summed E-state index contributed by atoms with van der Waals surface area (Å²) in [4.78, 5) is 12.1. The second-order valence-electron chi connectivity index (χ2n) is 5.12. The molecule has 0 atom stereocenters. The number of ether oxygens (including phenoxy) is 3. The van der Waals surface area contributed by atoms with Crippen LogP contribution in [0, 0.1) is 0 Å². The van der Waals surface area contributed by atoms with Crippen molar-refractivity contribution in [3.63, 3.8) is 0 Å². The molecule has 2 aromatic carbocycles. The standard InChI is InChI=1S/C17H20N2O6S/c1-23-13-5-7-14(8-6-13)26(21,22)18-11-17(20)19-12-4-9-15(24-2)16(10-12)25-3/h4-10,18H,11H2,1-3H3,(H,19,20). The van der Waals surface area contributed by atoms with E-state index in [-0.39, 0.29) is 4.90 Å². The summed E-state index contributed by atoms with van der Waals surface area (Å²) >= 11 is 0. The van der Waals surface area contributed by atoms with Gasteiger partial charge in [-0.05, 0) is 36.4 Å². The molecular formula is C17H20N2O6S. The summed E-state index contributed by atoms with van der Waals surface area (Å²) in [7, 11) is 0.662. The number of sulfonamides is 1. The van der Waals surface area contributed by atoms with Crippen molar-refractivity contribution >= 4 is 21.6 Å². The van der Waals surface area contributed by atoms with Crippen LogP contribution in [0.2, 0.25) is 0 Å². The minimum atomic E-state index is -3.81. The Morgan fingerprint density at radius 1 is 0.923 bits per heavy atom. The Hall–Kier alpha value is -2.78. The number of anilines is 1. The van der Waals surface area contributed by atoms with Gasteiger partial charge in [0, 0.05) is 11.8 Å². The molecule has 2 N–H and O–H groups in total. The molecule has 2 aromatic rings. The zero-order valence-electron chi connectivity index (χ0n) is 14.6. The normalized spacial score (nSPS) is 10.9. The Labute approximate surface area is 152 Å². The first kappa shape index (κ1) is 19.5. The molecule has 0 aliphatic heterocycles. The zero-order valence-corrected chi connectivity index (χ0v) is 15.4. The molecule has 0 saturated carbocycles. The summed E-state index contributed by atoms with van der Waals surface area (Å²) in [6, 6.07) is 10.7. The van der Waals surface area contributed by atoms with E-state index in [1.54, 1.807) is 18.2 Å². The lowest BCUT2D eigenvalue weighted by Gasteiger charge is -2.11. The highest BCUT2D eigenvalue weighted by Gasteiger charge is 2.16. The van der Waals surface area contributed by atoms with E-state index in [1.165, 1.54) is 45.6 Å². The lowest BCUT2D eigenvalue weighted by Crippen LogP contribution is -2.32. The van der Waals surface area contributed by atoms with Crippen LogP contribution in [0.5, 0.6) is 17.2 Å². The Bertz CT molecular complexity index is 865. The average molecular weight is 380 g/mol. The number of carbonyl (C=O) groups is 1. The van der Waals surface area contributed by atoms with Gasteiger partial charge in [0.2, 0.25) is 15.9 Å². The van der Waals surface area contributed by atoms with E-state index in [2.05, 4.69) is 10.0 Å². The number of benzene rings is 2. The third-order valence-corrected chi connectivity index (χ3v) is 4.88. The molecule has 2 rings (SSSR count). The van der Waals surface area contributed by atoms with Crippen molar-refractivity contribution in [1.29, 1.82) is 0 Å². The van der Waals surface area contributed by atoms with Crippen LogP contribution in [0.15, 0.2) is 47.4 Å². The summed E-state index contributed by atoms with van der Waals surface area (Å²) in [5.74, 6) is 0.985. The van der Waals surface area contributed by atoms with Gasteiger partial charge in [-0.1, -0.05) is 0 Å². The minimum Gasteiger partial charge on any atom is -0.497 e. The van der Waals surface area contributed by atoms with E-state index in [4.69, 9.17) is 14.2 Å².